The summed E-state index contributed by atoms with van der Waals surface area (Å²) in [4.78, 5) is 6.89. The molecule has 0 amide bonds. The molecule has 2 N–H and O–H groups in total. The van der Waals surface area contributed by atoms with Crippen LogP contribution in [0.15, 0.2) is 47.5 Å². The number of morpholine rings is 1. The molecule has 0 bridgehead atoms. The second-order valence-electron chi connectivity index (χ2n) is 6.63. The zero-order valence-electron chi connectivity index (χ0n) is 13.9. The van der Waals surface area contributed by atoms with Crippen molar-refractivity contribution >= 4 is 40.7 Å². The predicted molar refractivity (Wildman–Crippen MR) is 109 cm³/mol. The van der Waals surface area contributed by atoms with Crippen molar-refractivity contribution in [1.29, 1.82) is 0 Å². The van der Waals surface area contributed by atoms with Crippen LogP contribution in [0.25, 0.3) is 10.8 Å². The van der Waals surface area contributed by atoms with E-state index in [0.29, 0.717) is 17.9 Å². The molecule has 128 valence electrons. The number of hydrogen-bond acceptors (Lipinski definition) is 2. The Morgan fingerprint density at radius 3 is 2.79 bits per heavy atom. The average Bonchev–Trinajstić information content (AvgIpc) is 3.33. The molecule has 2 aromatic carbocycles. The molecule has 0 spiro atoms. The molecular formula is C19H24IN3O. The van der Waals surface area contributed by atoms with Gasteiger partial charge in [-0.15, -0.1) is 24.0 Å². The molecule has 1 unspecified atom stereocenters. The standard InChI is InChI=1S/C19H23N3O.HI/c1-13-12-22(8-9-23-13)19(20)21-18-11-17(18)16-7-6-14-4-2-3-5-15(14)10-16;/h2-7,10,13,17-18H,8-9,11-12H2,1H3,(H2,20,21);1H/t13?,17-,18+;/m0./s1. The van der Waals surface area contributed by atoms with E-state index in [2.05, 4.69) is 54.3 Å². The van der Waals surface area contributed by atoms with E-state index in [1.165, 1.54) is 16.3 Å². The van der Waals surface area contributed by atoms with Crippen LogP contribution in [-0.4, -0.2) is 42.7 Å². The Balaban J connectivity index is 0.00000169. The molecule has 5 heteroatoms. The minimum atomic E-state index is 0. The molecule has 4 rings (SSSR count). The maximum absolute atomic E-state index is 6.20. The van der Waals surface area contributed by atoms with Crippen molar-refractivity contribution in [2.24, 2.45) is 10.7 Å². The van der Waals surface area contributed by atoms with Gasteiger partial charge in [0.1, 0.15) is 0 Å². The summed E-state index contributed by atoms with van der Waals surface area (Å²) >= 11 is 0. The molecule has 1 saturated heterocycles. The molecular weight excluding hydrogens is 413 g/mol. The van der Waals surface area contributed by atoms with E-state index in [1.807, 2.05) is 0 Å². The van der Waals surface area contributed by atoms with Crippen LogP contribution in [0.4, 0.5) is 0 Å². The number of fused-ring (bicyclic) bond motifs is 1. The molecule has 0 aromatic heterocycles. The zero-order valence-corrected chi connectivity index (χ0v) is 16.2. The first-order valence-electron chi connectivity index (χ1n) is 8.39. The van der Waals surface area contributed by atoms with E-state index in [4.69, 9.17) is 15.5 Å². The maximum atomic E-state index is 6.20. The number of aliphatic imine (C=N–C) groups is 1. The summed E-state index contributed by atoms with van der Waals surface area (Å²) in [6.45, 7) is 4.49. The predicted octanol–water partition coefficient (Wildman–Crippen LogP) is 3.35. The van der Waals surface area contributed by atoms with E-state index in [9.17, 15) is 0 Å². The molecule has 24 heavy (non-hydrogen) atoms. The highest BCUT2D eigenvalue weighted by molar-refractivity contribution is 14.0. The van der Waals surface area contributed by atoms with Crippen LogP contribution in [0, 0.1) is 0 Å². The van der Waals surface area contributed by atoms with Crippen LogP contribution in [0.1, 0.15) is 24.8 Å². The van der Waals surface area contributed by atoms with Crippen molar-refractivity contribution in [3.63, 3.8) is 0 Å². The van der Waals surface area contributed by atoms with Gasteiger partial charge in [0, 0.05) is 19.0 Å². The summed E-state index contributed by atoms with van der Waals surface area (Å²) in [5.74, 6) is 1.19. The first-order valence-corrected chi connectivity index (χ1v) is 8.39. The lowest BCUT2D eigenvalue weighted by atomic mass is 10.0. The van der Waals surface area contributed by atoms with Gasteiger partial charge in [0.2, 0.25) is 0 Å². The van der Waals surface area contributed by atoms with E-state index < -0.39 is 0 Å². The van der Waals surface area contributed by atoms with Gasteiger partial charge in [0.05, 0.1) is 18.8 Å². The van der Waals surface area contributed by atoms with Crippen LogP contribution in [-0.2, 0) is 4.74 Å². The third-order valence-corrected chi connectivity index (χ3v) is 4.82. The van der Waals surface area contributed by atoms with Gasteiger partial charge in [-0.25, -0.2) is 4.99 Å². The Kier molecular flexibility index (Phi) is 5.30. The number of halogens is 1. The van der Waals surface area contributed by atoms with Gasteiger partial charge in [-0.2, -0.15) is 0 Å². The molecule has 2 fully saturated rings. The number of nitrogens with zero attached hydrogens (tertiary/aromatic N) is 2. The van der Waals surface area contributed by atoms with Crippen LogP contribution in [0.5, 0.6) is 0 Å². The first-order chi connectivity index (χ1) is 11.2. The van der Waals surface area contributed by atoms with E-state index in [0.717, 1.165) is 26.1 Å². The average molecular weight is 437 g/mol. The highest BCUT2D eigenvalue weighted by Gasteiger charge is 2.39. The number of rotatable bonds is 2. The fourth-order valence-corrected chi connectivity index (χ4v) is 3.40. The largest absolute Gasteiger partial charge is 0.375 e. The van der Waals surface area contributed by atoms with Gasteiger partial charge in [0.15, 0.2) is 5.96 Å². The smallest absolute Gasteiger partial charge is 0.191 e. The van der Waals surface area contributed by atoms with E-state index in [1.54, 1.807) is 0 Å². The zero-order chi connectivity index (χ0) is 15.8. The monoisotopic (exact) mass is 437 g/mol. The lowest BCUT2D eigenvalue weighted by molar-refractivity contribution is 0.00528. The quantitative estimate of drug-likeness (QED) is 0.446. The molecule has 3 atom stereocenters. The van der Waals surface area contributed by atoms with Crippen molar-refractivity contribution < 1.29 is 4.74 Å². The molecule has 1 heterocycles. The highest BCUT2D eigenvalue weighted by atomic mass is 127. The van der Waals surface area contributed by atoms with Crippen LogP contribution >= 0.6 is 24.0 Å². The van der Waals surface area contributed by atoms with Gasteiger partial charge >= 0.3 is 0 Å². The SMILES string of the molecule is CC1CN(C(N)=N[C@@H]2C[C@H]2c2ccc3ccccc3c2)CCO1.I. The second-order valence-corrected chi connectivity index (χ2v) is 6.63. The summed E-state index contributed by atoms with van der Waals surface area (Å²) in [7, 11) is 0. The van der Waals surface area contributed by atoms with Gasteiger partial charge in [-0.1, -0.05) is 42.5 Å². The van der Waals surface area contributed by atoms with Crippen molar-refractivity contribution in [2.75, 3.05) is 19.7 Å². The van der Waals surface area contributed by atoms with Crippen molar-refractivity contribution in [2.45, 2.75) is 31.4 Å². The van der Waals surface area contributed by atoms with Gasteiger partial charge < -0.3 is 15.4 Å². The Morgan fingerprint density at radius 1 is 1.21 bits per heavy atom. The third kappa shape index (κ3) is 3.67. The van der Waals surface area contributed by atoms with Gasteiger partial charge in [0.25, 0.3) is 0 Å². The fourth-order valence-electron chi connectivity index (χ4n) is 3.40. The van der Waals surface area contributed by atoms with Crippen molar-refractivity contribution in [3.05, 3.63) is 48.0 Å². The number of nitrogens with two attached hydrogens (primary N) is 1. The molecule has 2 aliphatic rings. The number of benzene rings is 2. The Bertz CT molecular complexity index is 748. The van der Waals surface area contributed by atoms with Gasteiger partial charge in [-0.3, -0.25) is 0 Å². The van der Waals surface area contributed by atoms with Crippen LogP contribution in [0.2, 0.25) is 0 Å². The second kappa shape index (κ2) is 7.27. The number of ether oxygens (including phenoxy) is 1. The Hall–Kier alpha value is -1.34. The van der Waals surface area contributed by atoms with Crippen molar-refractivity contribution in [1.82, 2.24) is 4.90 Å². The van der Waals surface area contributed by atoms with Crippen LogP contribution in [0.3, 0.4) is 0 Å². The highest BCUT2D eigenvalue weighted by Crippen LogP contribution is 2.44. The maximum Gasteiger partial charge on any atom is 0.191 e. The molecule has 0 radical (unpaired) electrons. The summed E-state index contributed by atoms with van der Waals surface area (Å²) in [6.07, 6.45) is 1.33. The normalized spacial score (nSPS) is 27.0. The summed E-state index contributed by atoms with van der Waals surface area (Å²) in [6, 6.07) is 15.5. The minimum absolute atomic E-state index is 0. The molecule has 4 nitrogen and oxygen atoms in total. The summed E-state index contributed by atoms with van der Waals surface area (Å²) in [5, 5.41) is 2.59. The molecule has 1 aliphatic heterocycles. The minimum Gasteiger partial charge on any atom is -0.375 e. The summed E-state index contributed by atoms with van der Waals surface area (Å²) in [5.41, 5.74) is 7.58. The fraction of sp³-hybridized carbons (Fsp3) is 0.421. The van der Waals surface area contributed by atoms with Gasteiger partial charge in [-0.05, 0) is 29.7 Å². The topological polar surface area (TPSA) is 50.8 Å². The summed E-state index contributed by atoms with van der Waals surface area (Å²) < 4.78 is 5.56. The lowest BCUT2D eigenvalue weighted by Gasteiger charge is -2.31. The molecule has 1 saturated carbocycles. The number of guanidine groups is 1. The Labute approximate surface area is 160 Å². The van der Waals surface area contributed by atoms with Crippen molar-refractivity contribution in [3.8, 4) is 0 Å². The first kappa shape index (κ1) is 17.5. The molecule has 1 aliphatic carbocycles. The molecule has 2 aromatic rings. The number of hydrogen-bond donors (Lipinski definition) is 1. The Morgan fingerprint density at radius 2 is 2.00 bits per heavy atom. The lowest BCUT2D eigenvalue weighted by Crippen LogP contribution is -2.48. The van der Waals surface area contributed by atoms with E-state index in [-0.39, 0.29) is 30.1 Å². The van der Waals surface area contributed by atoms with Crippen LogP contribution < -0.4 is 5.73 Å². The van der Waals surface area contributed by atoms with E-state index >= 15 is 0 Å². The third-order valence-electron chi connectivity index (χ3n) is 4.82.